The highest BCUT2D eigenvalue weighted by atomic mass is 35.5. The van der Waals surface area contributed by atoms with Crippen molar-refractivity contribution in [3.63, 3.8) is 0 Å². The molecule has 2 aromatic rings. The summed E-state index contributed by atoms with van der Waals surface area (Å²) in [5.74, 6) is 0.550. The summed E-state index contributed by atoms with van der Waals surface area (Å²) in [6.07, 6.45) is 3.93. The number of amides is 1. The molecule has 7 heteroatoms. The van der Waals surface area contributed by atoms with E-state index in [2.05, 4.69) is 15.1 Å². The minimum Gasteiger partial charge on any atom is -0.367 e. The van der Waals surface area contributed by atoms with Crippen LogP contribution in [0, 0.1) is 5.82 Å². The summed E-state index contributed by atoms with van der Waals surface area (Å²) < 4.78 is 13.9. The van der Waals surface area contributed by atoms with Crippen molar-refractivity contribution in [3.05, 3.63) is 64.4 Å². The Balaban J connectivity index is 1.15. The molecular weight excluding hydrogens is 433 g/mol. The van der Waals surface area contributed by atoms with Gasteiger partial charge >= 0.3 is 0 Å². The predicted molar refractivity (Wildman–Crippen MR) is 127 cm³/mol. The van der Waals surface area contributed by atoms with Crippen molar-refractivity contribution < 1.29 is 9.18 Å². The molecule has 4 rings (SSSR count). The predicted octanol–water partition coefficient (Wildman–Crippen LogP) is 4.69. The third-order valence-corrected chi connectivity index (χ3v) is 7.10. The standard InChI is InChI=1S/C24H27ClFN3OS/c25-20-7-8-23-18(16-20)15-19(17-31-23)24(30)27-9-3-4-10-28-11-13-29(14-12-28)22-6-2-1-5-21(22)26/h1-2,5-8,15-16H,3-4,9-14,17H2,(H,27,30). The first-order valence-corrected chi connectivity index (χ1v) is 12.1. The molecule has 1 N–H and O–H groups in total. The maximum Gasteiger partial charge on any atom is 0.248 e. The molecule has 2 aliphatic heterocycles. The SMILES string of the molecule is O=C(NCCCCN1CCN(c2ccccc2F)CC1)C1=Cc2cc(Cl)ccc2SC1. The molecule has 0 saturated carbocycles. The molecular formula is C24H27ClFN3OS. The van der Waals surface area contributed by atoms with Gasteiger partial charge in [0.1, 0.15) is 5.82 Å². The quantitative estimate of drug-likeness (QED) is 0.609. The second-order valence-corrected chi connectivity index (χ2v) is 9.34. The van der Waals surface area contributed by atoms with Crippen LogP contribution < -0.4 is 10.2 Å². The van der Waals surface area contributed by atoms with Gasteiger partial charge in [0.15, 0.2) is 0 Å². The minimum absolute atomic E-state index is 0.0108. The fourth-order valence-electron chi connectivity index (χ4n) is 3.98. The number of nitrogens with one attached hydrogen (secondary N) is 1. The molecule has 0 unspecified atom stereocenters. The van der Waals surface area contributed by atoms with E-state index >= 15 is 0 Å². The number of hydrogen-bond acceptors (Lipinski definition) is 4. The molecule has 0 bridgehead atoms. The van der Waals surface area contributed by atoms with Crippen LogP contribution in [0.15, 0.2) is 52.9 Å². The normalized spacial score (nSPS) is 16.6. The Labute approximate surface area is 192 Å². The van der Waals surface area contributed by atoms with Gasteiger partial charge in [-0.1, -0.05) is 23.7 Å². The van der Waals surface area contributed by atoms with E-state index in [1.54, 1.807) is 17.8 Å². The van der Waals surface area contributed by atoms with Gasteiger partial charge in [-0.25, -0.2) is 4.39 Å². The molecule has 0 aromatic heterocycles. The lowest BCUT2D eigenvalue weighted by molar-refractivity contribution is -0.117. The largest absolute Gasteiger partial charge is 0.367 e. The molecule has 164 valence electrons. The summed E-state index contributed by atoms with van der Waals surface area (Å²) in [5, 5.41) is 3.74. The fraction of sp³-hybridized carbons (Fsp3) is 0.375. The zero-order chi connectivity index (χ0) is 21.6. The van der Waals surface area contributed by atoms with E-state index < -0.39 is 0 Å². The van der Waals surface area contributed by atoms with Gasteiger partial charge in [-0.3, -0.25) is 9.69 Å². The molecule has 1 saturated heterocycles. The highest BCUT2D eigenvalue weighted by Crippen LogP contribution is 2.33. The number of carbonyl (C=O) groups is 1. The van der Waals surface area contributed by atoms with E-state index in [9.17, 15) is 9.18 Å². The Hall–Kier alpha value is -2.02. The monoisotopic (exact) mass is 459 g/mol. The second kappa shape index (κ2) is 10.5. The van der Waals surface area contributed by atoms with Crippen LogP contribution in [0.25, 0.3) is 6.08 Å². The lowest BCUT2D eigenvalue weighted by Gasteiger charge is -2.36. The number of fused-ring (bicyclic) bond motifs is 1. The summed E-state index contributed by atoms with van der Waals surface area (Å²) >= 11 is 7.74. The van der Waals surface area contributed by atoms with Gasteiger partial charge in [-0.2, -0.15) is 0 Å². The molecule has 4 nitrogen and oxygen atoms in total. The summed E-state index contributed by atoms with van der Waals surface area (Å²) in [7, 11) is 0. The summed E-state index contributed by atoms with van der Waals surface area (Å²) in [4.78, 5) is 18.2. The topological polar surface area (TPSA) is 35.6 Å². The van der Waals surface area contributed by atoms with Crippen molar-refractivity contribution in [2.75, 3.05) is 49.9 Å². The number of unbranched alkanes of at least 4 members (excludes halogenated alkanes) is 1. The maximum absolute atomic E-state index is 13.9. The lowest BCUT2D eigenvalue weighted by Crippen LogP contribution is -2.47. The number of para-hydroxylation sites is 1. The van der Waals surface area contributed by atoms with Gasteiger partial charge < -0.3 is 10.2 Å². The Bertz CT molecular complexity index is 960. The zero-order valence-electron chi connectivity index (χ0n) is 17.4. The summed E-state index contributed by atoms with van der Waals surface area (Å²) in [6.45, 7) is 5.24. The van der Waals surface area contributed by atoms with E-state index in [4.69, 9.17) is 11.6 Å². The van der Waals surface area contributed by atoms with Gasteiger partial charge in [0.2, 0.25) is 5.91 Å². The summed E-state index contributed by atoms with van der Waals surface area (Å²) in [6, 6.07) is 12.8. The number of nitrogens with zero attached hydrogens (tertiary/aromatic N) is 2. The van der Waals surface area contributed by atoms with Crippen molar-refractivity contribution >= 4 is 41.0 Å². The Kier molecular flexibility index (Phi) is 7.54. The highest BCUT2D eigenvalue weighted by molar-refractivity contribution is 7.99. The average molecular weight is 460 g/mol. The number of hydrogen-bond donors (Lipinski definition) is 1. The van der Waals surface area contributed by atoms with Crippen LogP contribution in [0.3, 0.4) is 0 Å². The van der Waals surface area contributed by atoms with Crippen LogP contribution in [-0.2, 0) is 4.79 Å². The first kappa shape index (κ1) is 22.2. The molecule has 0 spiro atoms. The van der Waals surface area contributed by atoms with Crippen LogP contribution in [0.5, 0.6) is 0 Å². The summed E-state index contributed by atoms with van der Waals surface area (Å²) in [5.41, 5.74) is 2.51. The lowest BCUT2D eigenvalue weighted by atomic mass is 10.1. The van der Waals surface area contributed by atoms with Crippen molar-refractivity contribution in [3.8, 4) is 0 Å². The van der Waals surface area contributed by atoms with Crippen LogP contribution in [0.4, 0.5) is 10.1 Å². The Morgan fingerprint density at radius 1 is 1.10 bits per heavy atom. The number of anilines is 1. The molecule has 2 aromatic carbocycles. The highest BCUT2D eigenvalue weighted by Gasteiger charge is 2.19. The number of thioether (sulfide) groups is 1. The molecule has 0 aliphatic carbocycles. The molecule has 31 heavy (non-hydrogen) atoms. The van der Waals surface area contributed by atoms with Crippen molar-refractivity contribution in [2.24, 2.45) is 0 Å². The molecule has 1 fully saturated rings. The van der Waals surface area contributed by atoms with E-state index in [0.29, 0.717) is 23.0 Å². The molecule has 0 radical (unpaired) electrons. The minimum atomic E-state index is -0.148. The van der Waals surface area contributed by atoms with Crippen molar-refractivity contribution in [2.45, 2.75) is 17.7 Å². The van der Waals surface area contributed by atoms with Gasteiger partial charge in [-0.15, -0.1) is 11.8 Å². The van der Waals surface area contributed by atoms with Gasteiger partial charge in [-0.05, 0) is 61.4 Å². The number of carbonyl (C=O) groups excluding carboxylic acids is 1. The van der Waals surface area contributed by atoms with Gasteiger partial charge in [0, 0.05) is 54.0 Å². The maximum atomic E-state index is 13.9. The number of halogens is 2. The van der Waals surface area contributed by atoms with Crippen molar-refractivity contribution in [1.29, 1.82) is 0 Å². The first-order valence-electron chi connectivity index (χ1n) is 10.7. The average Bonchev–Trinajstić information content (AvgIpc) is 2.79. The number of piperazine rings is 1. The smallest absolute Gasteiger partial charge is 0.248 e. The van der Waals surface area contributed by atoms with E-state index in [-0.39, 0.29) is 11.7 Å². The third kappa shape index (κ3) is 5.82. The number of benzene rings is 2. The molecule has 2 heterocycles. The van der Waals surface area contributed by atoms with E-state index in [1.807, 2.05) is 36.4 Å². The van der Waals surface area contributed by atoms with Crippen molar-refractivity contribution in [1.82, 2.24) is 10.2 Å². The van der Waals surface area contributed by atoms with Crippen LogP contribution in [-0.4, -0.2) is 55.8 Å². The van der Waals surface area contributed by atoms with Crippen LogP contribution in [0.2, 0.25) is 5.02 Å². The van der Waals surface area contributed by atoms with Crippen LogP contribution >= 0.6 is 23.4 Å². The van der Waals surface area contributed by atoms with Gasteiger partial charge in [0.05, 0.1) is 5.69 Å². The first-order chi connectivity index (χ1) is 15.1. The third-order valence-electron chi connectivity index (χ3n) is 5.73. The molecule has 1 amide bonds. The molecule has 0 atom stereocenters. The van der Waals surface area contributed by atoms with E-state index in [0.717, 1.165) is 61.6 Å². The Morgan fingerprint density at radius 2 is 1.90 bits per heavy atom. The Morgan fingerprint density at radius 3 is 2.71 bits per heavy atom. The second-order valence-electron chi connectivity index (χ2n) is 7.88. The molecule has 2 aliphatic rings. The number of rotatable bonds is 7. The van der Waals surface area contributed by atoms with Gasteiger partial charge in [0.25, 0.3) is 0 Å². The van der Waals surface area contributed by atoms with E-state index in [1.165, 1.54) is 6.07 Å². The fourth-order valence-corrected chi connectivity index (χ4v) is 5.13. The zero-order valence-corrected chi connectivity index (χ0v) is 19.0. The van der Waals surface area contributed by atoms with Crippen LogP contribution in [0.1, 0.15) is 18.4 Å².